The molecule has 3 rings (SSSR count). The fourth-order valence-electron chi connectivity index (χ4n) is 3.18. The van der Waals surface area contributed by atoms with E-state index in [4.69, 9.17) is 27.9 Å². The molecule has 0 heterocycles. The van der Waals surface area contributed by atoms with E-state index in [1.54, 1.807) is 18.2 Å². The quantitative estimate of drug-likeness (QED) is 0.370. The Morgan fingerprint density at radius 3 is 2.14 bits per heavy atom. The van der Waals surface area contributed by atoms with Crippen LogP contribution in [0.25, 0.3) is 0 Å². The van der Waals surface area contributed by atoms with Crippen molar-refractivity contribution in [2.75, 3.05) is 17.1 Å². The van der Waals surface area contributed by atoms with Gasteiger partial charge in [-0.2, -0.15) is 0 Å². The molecule has 1 amide bonds. The number of anilines is 2. The predicted molar refractivity (Wildman–Crippen MR) is 138 cm³/mol. The molecule has 0 aliphatic rings. The minimum absolute atomic E-state index is 0.00174. The summed E-state index contributed by atoms with van der Waals surface area (Å²) in [6.07, 6.45) is 0. The molecule has 0 radical (unpaired) electrons. The lowest BCUT2D eigenvalue weighted by atomic mass is 9.87. The van der Waals surface area contributed by atoms with Crippen LogP contribution in [0.3, 0.4) is 0 Å². The van der Waals surface area contributed by atoms with E-state index >= 15 is 0 Å². The van der Waals surface area contributed by atoms with Crippen molar-refractivity contribution in [1.29, 1.82) is 0 Å². The van der Waals surface area contributed by atoms with Gasteiger partial charge in [0, 0.05) is 10.6 Å². The molecular weight excluding hydrogens is 511 g/mol. The monoisotopic (exact) mass is 534 g/mol. The predicted octanol–water partition coefficient (Wildman–Crippen LogP) is 6.13. The SMILES string of the molecule is COC(=O)c1ccc(C(=O)Nc2cc(Cl)ccc2Cl)cc1NS(=O)(=O)c1ccc(C(C)(C)C)cc1. The minimum Gasteiger partial charge on any atom is -0.465 e. The smallest absolute Gasteiger partial charge is 0.339 e. The summed E-state index contributed by atoms with van der Waals surface area (Å²) in [5.41, 5.74) is 1.00. The summed E-state index contributed by atoms with van der Waals surface area (Å²) in [7, 11) is -2.91. The molecule has 3 aromatic carbocycles. The van der Waals surface area contributed by atoms with Crippen molar-refractivity contribution in [3.05, 3.63) is 87.4 Å². The number of methoxy groups -OCH3 is 1. The molecule has 7 nitrogen and oxygen atoms in total. The fraction of sp³-hybridized carbons (Fsp3) is 0.200. The Bertz CT molecular complexity index is 1380. The van der Waals surface area contributed by atoms with Crippen LogP contribution in [0, 0.1) is 0 Å². The van der Waals surface area contributed by atoms with E-state index in [1.165, 1.54) is 49.6 Å². The van der Waals surface area contributed by atoms with Gasteiger partial charge in [0.25, 0.3) is 15.9 Å². The van der Waals surface area contributed by atoms with E-state index < -0.39 is 21.9 Å². The van der Waals surface area contributed by atoms with E-state index in [-0.39, 0.29) is 37.8 Å². The molecule has 0 aromatic heterocycles. The summed E-state index contributed by atoms with van der Waals surface area (Å²) in [5, 5.41) is 3.27. The van der Waals surface area contributed by atoms with Crippen LogP contribution in [-0.2, 0) is 20.2 Å². The summed E-state index contributed by atoms with van der Waals surface area (Å²) in [4.78, 5) is 25.1. The van der Waals surface area contributed by atoms with Gasteiger partial charge in [0.05, 0.1) is 34.0 Å². The second-order valence-electron chi connectivity index (χ2n) is 8.71. The van der Waals surface area contributed by atoms with Crippen molar-refractivity contribution in [3.63, 3.8) is 0 Å². The minimum atomic E-state index is -4.08. The third-order valence-electron chi connectivity index (χ3n) is 5.14. The van der Waals surface area contributed by atoms with E-state index in [0.29, 0.717) is 5.02 Å². The van der Waals surface area contributed by atoms with Gasteiger partial charge in [-0.15, -0.1) is 0 Å². The highest BCUT2D eigenvalue weighted by atomic mass is 35.5. The van der Waals surface area contributed by atoms with Crippen LogP contribution in [0.5, 0.6) is 0 Å². The molecular formula is C25H24Cl2N2O5S. The molecule has 10 heteroatoms. The van der Waals surface area contributed by atoms with E-state index in [0.717, 1.165) is 5.56 Å². The maximum Gasteiger partial charge on any atom is 0.339 e. The molecule has 3 aromatic rings. The van der Waals surface area contributed by atoms with Gasteiger partial charge in [0.2, 0.25) is 0 Å². The first-order chi connectivity index (χ1) is 16.3. The van der Waals surface area contributed by atoms with Gasteiger partial charge in [0.15, 0.2) is 0 Å². The second-order valence-corrected chi connectivity index (χ2v) is 11.2. The van der Waals surface area contributed by atoms with Crippen molar-refractivity contribution in [3.8, 4) is 0 Å². The Labute approximate surface area is 214 Å². The largest absolute Gasteiger partial charge is 0.465 e. The van der Waals surface area contributed by atoms with Crippen LogP contribution in [0.1, 0.15) is 47.1 Å². The maximum absolute atomic E-state index is 13.1. The number of nitrogens with one attached hydrogen (secondary N) is 2. The summed E-state index contributed by atoms with van der Waals surface area (Å²) >= 11 is 12.1. The molecule has 2 N–H and O–H groups in total. The normalized spacial score (nSPS) is 11.6. The lowest BCUT2D eigenvalue weighted by Crippen LogP contribution is -2.18. The van der Waals surface area contributed by atoms with Gasteiger partial charge in [-0.05, 0) is 59.5 Å². The first kappa shape index (κ1) is 26.5. The number of sulfonamides is 1. The highest BCUT2D eigenvalue weighted by Gasteiger charge is 2.22. The maximum atomic E-state index is 13.1. The first-order valence-corrected chi connectivity index (χ1v) is 12.7. The molecule has 0 saturated heterocycles. The van der Waals surface area contributed by atoms with E-state index in [9.17, 15) is 18.0 Å². The van der Waals surface area contributed by atoms with Crippen molar-refractivity contribution in [2.45, 2.75) is 31.1 Å². The Hall–Kier alpha value is -3.07. The van der Waals surface area contributed by atoms with E-state index in [1.807, 2.05) is 20.8 Å². The molecule has 0 aliphatic heterocycles. The number of hydrogen-bond donors (Lipinski definition) is 2. The number of rotatable bonds is 6. The number of ether oxygens (including phenoxy) is 1. The number of amides is 1. The first-order valence-electron chi connectivity index (χ1n) is 10.4. The number of esters is 1. The summed E-state index contributed by atoms with van der Waals surface area (Å²) in [6.45, 7) is 6.06. The zero-order chi connectivity index (χ0) is 26.0. The number of carbonyl (C=O) groups is 2. The molecule has 0 atom stereocenters. The average Bonchev–Trinajstić information content (AvgIpc) is 2.80. The highest BCUT2D eigenvalue weighted by Crippen LogP contribution is 2.28. The Morgan fingerprint density at radius 1 is 0.886 bits per heavy atom. The van der Waals surface area contributed by atoms with Gasteiger partial charge in [0.1, 0.15) is 0 Å². The zero-order valence-electron chi connectivity index (χ0n) is 19.5. The van der Waals surface area contributed by atoms with Crippen molar-refractivity contribution >= 4 is 56.5 Å². The second kappa shape index (κ2) is 10.3. The van der Waals surface area contributed by atoms with Crippen LogP contribution in [0.4, 0.5) is 11.4 Å². The molecule has 0 spiro atoms. The number of benzene rings is 3. The van der Waals surface area contributed by atoms with Crippen molar-refractivity contribution in [2.24, 2.45) is 0 Å². The molecule has 0 saturated carbocycles. The van der Waals surface area contributed by atoms with Gasteiger partial charge < -0.3 is 10.1 Å². The van der Waals surface area contributed by atoms with E-state index in [2.05, 4.69) is 10.0 Å². The van der Waals surface area contributed by atoms with Gasteiger partial charge in [-0.25, -0.2) is 13.2 Å². The molecule has 0 fully saturated rings. The van der Waals surface area contributed by atoms with Gasteiger partial charge >= 0.3 is 5.97 Å². The zero-order valence-corrected chi connectivity index (χ0v) is 21.8. The van der Waals surface area contributed by atoms with Crippen molar-refractivity contribution in [1.82, 2.24) is 0 Å². The number of carbonyl (C=O) groups excluding carboxylic acids is 2. The fourth-order valence-corrected chi connectivity index (χ4v) is 4.59. The highest BCUT2D eigenvalue weighted by molar-refractivity contribution is 7.92. The lowest BCUT2D eigenvalue weighted by molar-refractivity contribution is 0.0601. The standard InChI is InChI=1S/C25H24Cl2N2O5S/c1-25(2,3)16-6-9-18(10-7-16)35(32,33)29-21-13-15(5-11-19(21)24(31)34-4)23(30)28-22-14-17(26)8-12-20(22)27/h5-14,29H,1-4H3,(H,28,30). The average molecular weight is 535 g/mol. The molecule has 0 bridgehead atoms. The van der Waals surface area contributed by atoms with Gasteiger partial charge in [-0.1, -0.05) is 56.1 Å². The van der Waals surface area contributed by atoms with Crippen LogP contribution >= 0.6 is 23.2 Å². The summed E-state index contributed by atoms with van der Waals surface area (Å²) < 4.78 is 33.3. The third kappa shape index (κ3) is 6.33. The third-order valence-corrected chi connectivity index (χ3v) is 7.08. The van der Waals surface area contributed by atoms with Crippen LogP contribution < -0.4 is 10.0 Å². The van der Waals surface area contributed by atoms with Crippen molar-refractivity contribution < 1.29 is 22.7 Å². The van der Waals surface area contributed by atoms with Crippen LogP contribution in [0.2, 0.25) is 10.0 Å². The van der Waals surface area contributed by atoms with Crippen LogP contribution in [-0.4, -0.2) is 27.4 Å². The Balaban J connectivity index is 1.96. The molecule has 184 valence electrons. The topological polar surface area (TPSA) is 102 Å². The molecule has 0 unspecified atom stereocenters. The van der Waals surface area contributed by atoms with Crippen LogP contribution in [0.15, 0.2) is 65.6 Å². The summed E-state index contributed by atoms with van der Waals surface area (Å²) in [5.74, 6) is -1.35. The lowest BCUT2D eigenvalue weighted by Gasteiger charge is -2.19. The number of halogens is 2. The summed E-state index contributed by atoms with van der Waals surface area (Å²) in [6, 6.07) is 14.9. The molecule has 0 aliphatic carbocycles. The Kier molecular flexibility index (Phi) is 7.79. The number of hydrogen-bond acceptors (Lipinski definition) is 5. The van der Waals surface area contributed by atoms with Gasteiger partial charge in [-0.3, -0.25) is 9.52 Å². The molecule has 35 heavy (non-hydrogen) atoms. The Morgan fingerprint density at radius 2 is 1.54 bits per heavy atom.